The normalized spacial score (nSPS) is 10.7. The third-order valence-electron chi connectivity index (χ3n) is 5.45. The van der Waals surface area contributed by atoms with Gasteiger partial charge in [-0.3, -0.25) is 9.36 Å². The lowest BCUT2D eigenvalue weighted by Gasteiger charge is -2.19. The van der Waals surface area contributed by atoms with E-state index in [1.54, 1.807) is 36.4 Å². The van der Waals surface area contributed by atoms with Crippen molar-refractivity contribution in [1.82, 2.24) is 9.88 Å². The average molecular weight is 520 g/mol. The molecular formula is C26H22BrN3O4. The Hall–Kier alpha value is -3.91. The summed E-state index contributed by atoms with van der Waals surface area (Å²) in [5.74, 6) is -0.601. The highest BCUT2D eigenvalue weighted by molar-refractivity contribution is 9.10. The number of hydrogen-bond acceptors (Lipinski definition) is 4. The molecule has 0 unspecified atom stereocenters. The van der Waals surface area contributed by atoms with Crippen LogP contribution in [0.3, 0.4) is 0 Å². The number of amides is 2. The fraction of sp³-hybridized carbons (Fsp3) is 0.115. The van der Waals surface area contributed by atoms with Crippen LogP contribution in [0.15, 0.2) is 82.1 Å². The van der Waals surface area contributed by atoms with Crippen LogP contribution in [0.1, 0.15) is 16.1 Å². The number of hydrogen-bond donors (Lipinski definition) is 2. The first-order chi connectivity index (χ1) is 16.4. The maximum atomic E-state index is 13.6. The molecule has 1 aromatic heterocycles. The van der Waals surface area contributed by atoms with Crippen molar-refractivity contribution < 1.29 is 14.3 Å². The van der Waals surface area contributed by atoms with Gasteiger partial charge in [0.2, 0.25) is 0 Å². The van der Waals surface area contributed by atoms with Gasteiger partial charge in [-0.2, -0.15) is 0 Å². The highest BCUT2D eigenvalue weighted by Crippen LogP contribution is 2.33. The summed E-state index contributed by atoms with van der Waals surface area (Å²) in [5, 5.41) is 6.34. The number of carbonyl (C=O) groups is 2. The Bertz CT molecular complexity index is 1430. The number of halogens is 1. The van der Waals surface area contributed by atoms with Crippen molar-refractivity contribution in [3.63, 3.8) is 0 Å². The first-order valence-corrected chi connectivity index (χ1v) is 11.3. The Labute approximate surface area is 204 Å². The van der Waals surface area contributed by atoms with Gasteiger partial charge in [-0.25, -0.2) is 9.59 Å². The van der Waals surface area contributed by atoms with Gasteiger partial charge >= 0.3 is 12.0 Å². The van der Waals surface area contributed by atoms with Crippen molar-refractivity contribution in [1.29, 1.82) is 0 Å². The molecule has 0 aliphatic rings. The van der Waals surface area contributed by atoms with Crippen LogP contribution >= 0.6 is 15.9 Å². The first kappa shape index (κ1) is 23.3. The number of carbonyl (C=O) groups excluding carboxylic acids is 2. The number of methoxy groups -OCH3 is 1. The fourth-order valence-corrected chi connectivity index (χ4v) is 4.21. The molecule has 34 heavy (non-hydrogen) atoms. The summed E-state index contributed by atoms with van der Waals surface area (Å²) < 4.78 is 7.37. The molecule has 0 fully saturated rings. The zero-order valence-electron chi connectivity index (χ0n) is 18.6. The van der Waals surface area contributed by atoms with Gasteiger partial charge in [0.25, 0.3) is 5.56 Å². The van der Waals surface area contributed by atoms with Crippen LogP contribution in [0.25, 0.3) is 21.9 Å². The smallest absolute Gasteiger partial charge is 0.355 e. The largest absolute Gasteiger partial charge is 0.464 e. The predicted molar refractivity (Wildman–Crippen MR) is 136 cm³/mol. The van der Waals surface area contributed by atoms with Crippen molar-refractivity contribution in [3.05, 3.63) is 98.9 Å². The Morgan fingerprint density at radius 2 is 1.68 bits per heavy atom. The van der Waals surface area contributed by atoms with Crippen molar-refractivity contribution in [2.45, 2.75) is 6.54 Å². The standard InChI is InChI=1S/C26H22BrN3O4/c1-28-26(33)29-19-11-8-16(9-12-19)15-30-23(25(32)34-2)22(17-6-4-3-5-7-17)21-14-18(27)10-13-20(21)24(30)31/h3-14H,15H2,1-2H3,(H2,28,29,33). The van der Waals surface area contributed by atoms with Crippen LogP contribution in [0.2, 0.25) is 0 Å². The summed E-state index contributed by atoms with van der Waals surface area (Å²) in [6.07, 6.45) is 0. The lowest BCUT2D eigenvalue weighted by atomic mass is 9.96. The van der Waals surface area contributed by atoms with Gasteiger partial charge < -0.3 is 15.4 Å². The third-order valence-corrected chi connectivity index (χ3v) is 5.95. The van der Waals surface area contributed by atoms with Gasteiger partial charge in [0.15, 0.2) is 0 Å². The highest BCUT2D eigenvalue weighted by atomic mass is 79.9. The highest BCUT2D eigenvalue weighted by Gasteiger charge is 2.24. The molecule has 0 atom stereocenters. The van der Waals surface area contributed by atoms with Gasteiger partial charge in [0, 0.05) is 28.2 Å². The third kappa shape index (κ3) is 4.58. The van der Waals surface area contributed by atoms with E-state index < -0.39 is 5.97 Å². The predicted octanol–water partition coefficient (Wildman–Crippen LogP) is 5.02. The molecule has 0 bridgehead atoms. The van der Waals surface area contributed by atoms with Gasteiger partial charge in [-0.15, -0.1) is 0 Å². The Morgan fingerprint density at radius 3 is 2.32 bits per heavy atom. The minimum atomic E-state index is -0.601. The molecule has 0 aliphatic carbocycles. The number of anilines is 1. The van der Waals surface area contributed by atoms with Gasteiger partial charge in [-0.05, 0) is 46.8 Å². The van der Waals surface area contributed by atoms with E-state index in [4.69, 9.17) is 4.74 Å². The summed E-state index contributed by atoms with van der Waals surface area (Å²) >= 11 is 3.48. The number of nitrogens with zero attached hydrogens (tertiary/aromatic N) is 1. The summed E-state index contributed by atoms with van der Waals surface area (Å²) in [6.45, 7) is 0.148. The van der Waals surface area contributed by atoms with E-state index in [2.05, 4.69) is 26.6 Å². The molecule has 3 aromatic carbocycles. The van der Waals surface area contributed by atoms with E-state index >= 15 is 0 Å². The number of urea groups is 1. The quantitative estimate of drug-likeness (QED) is 0.362. The lowest BCUT2D eigenvalue weighted by molar-refractivity contribution is 0.0588. The van der Waals surface area contributed by atoms with Gasteiger partial charge in [-0.1, -0.05) is 58.4 Å². The van der Waals surface area contributed by atoms with Gasteiger partial charge in [0.1, 0.15) is 5.69 Å². The van der Waals surface area contributed by atoms with Crippen molar-refractivity contribution >= 4 is 44.4 Å². The number of benzene rings is 3. The fourth-order valence-electron chi connectivity index (χ4n) is 3.85. The minimum Gasteiger partial charge on any atom is -0.464 e. The molecule has 0 saturated carbocycles. The van der Waals surface area contributed by atoms with E-state index in [1.165, 1.54) is 18.7 Å². The Balaban J connectivity index is 1.94. The molecule has 2 N–H and O–H groups in total. The monoisotopic (exact) mass is 519 g/mol. The van der Waals surface area contributed by atoms with Crippen LogP contribution in [0.5, 0.6) is 0 Å². The number of esters is 1. The second-order valence-corrected chi connectivity index (χ2v) is 8.48. The van der Waals surface area contributed by atoms with Crippen molar-refractivity contribution in [2.24, 2.45) is 0 Å². The number of pyridine rings is 1. The Morgan fingerprint density at radius 1 is 0.971 bits per heavy atom. The van der Waals surface area contributed by atoms with Crippen LogP contribution in [-0.4, -0.2) is 30.7 Å². The number of rotatable bonds is 5. The minimum absolute atomic E-state index is 0.148. The van der Waals surface area contributed by atoms with E-state index in [-0.39, 0.29) is 23.8 Å². The van der Waals surface area contributed by atoms with Crippen molar-refractivity contribution in [2.75, 3.05) is 19.5 Å². The molecule has 172 valence electrons. The summed E-state index contributed by atoms with van der Waals surface area (Å²) in [4.78, 5) is 38.2. The van der Waals surface area contributed by atoms with E-state index in [0.717, 1.165) is 15.6 Å². The molecule has 7 nitrogen and oxygen atoms in total. The Kier molecular flexibility index (Phi) is 6.79. The summed E-state index contributed by atoms with van der Waals surface area (Å²) in [5.41, 5.74) is 2.69. The number of ether oxygens (including phenoxy) is 1. The van der Waals surface area contributed by atoms with E-state index in [0.29, 0.717) is 22.0 Å². The SMILES string of the molecule is CNC(=O)Nc1ccc(Cn2c(C(=O)OC)c(-c3ccccc3)c3cc(Br)ccc3c2=O)cc1. The van der Waals surface area contributed by atoms with Crippen LogP contribution in [0.4, 0.5) is 10.5 Å². The molecule has 0 spiro atoms. The summed E-state index contributed by atoms with van der Waals surface area (Å²) in [7, 11) is 2.84. The van der Waals surface area contributed by atoms with Crippen LogP contribution in [0, 0.1) is 0 Å². The van der Waals surface area contributed by atoms with Crippen LogP contribution < -0.4 is 16.2 Å². The van der Waals surface area contributed by atoms with E-state index in [1.807, 2.05) is 36.4 Å². The zero-order valence-corrected chi connectivity index (χ0v) is 20.2. The van der Waals surface area contributed by atoms with Crippen LogP contribution in [-0.2, 0) is 11.3 Å². The molecule has 1 heterocycles. The van der Waals surface area contributed by atoms with E-state index in [9.17, 15) is 14.4 Å². The summed E-state index contributed by atoms with van der Waals surface area (Å²) in [6, 6.07) is 21.6. The number of nitrogens with one attached hydrogen (secondary N) is 2. The molecule has 0 aliphatic heterocycles. The van der Waals surface area contributed by atoms with Crippen molar-refractivity contribution in [3.8, 4) is 11.1 Å². The molecule has 8 heteroatoms. The number of aromatic nitrogens is 1. The molecule has 4 aromatic rings. The zero-order chi connectivity index (χ0) is 24.2. The maximum Gasteiger partial charge on any atom is 0.355 e. The second kappa shape index (κ2) is 9.93. The molecule has 0 saturated heterocycles. The first-order valence-electron chi connectivity index (χ1n) is 10.5. The molecular weight excluding hydrogens is 498 g/mol. The molecule has 0 radical (unpaired) electrons. The molecule has 2 amide bonds. The van der Waals surface area contributed by atoms with Gasteiger partial charge in [0.05, 0.1) is 13.7 Å². The molecule has 4 rings (SSSR count). The topological polar surface area (TPSA) is 89.4 Å². The maximum absolute atomic E-state index is 13.6. The lowest BCUT2D eigenvalue weighted by Crippen LogP contribution is -2.28. The number of fused-ring (bicyclic) bond motifs is 1. The second-order valence-electron chi connectivity index (χ2n) is 7.56. The average Bonchev–Trinajstić information content (AvgIpc) is 2.86.